The number of amides is 1. The third kappa shape index (κ3) is 3.46. The Kier molecular flexibility index (Phi) is 4.62. The second-order valence-corrected chi connectivity index (χ2v) is 6.73. The molecule has 0 spiro atoms. The van der Waals surface area contributed by atoms with E-state index in [1.807, 2.05) is 55.5 Å². The average Bonchev–Trinajstić information content (AvgIpc) is 2.92. The van der Waals surface area contributed by atoms with Crippen LogP contribution in [0.4, 0.5) is 5.69 Å². The first-order chi connectivity index (χ1) is 11.5. The van der Waals surface area contributed by atoms with E-state index in [1.165, 1.54) is 11.3 Å². The molecule has 0 aliphatic heterocycles. The molecule has 4 nitrogen and oxygen atoms in total. The highest BCUT2D eigenvalue weighted by atomic mass is 32.1. The normalized spacial score (nSPS) is 10.6. The van der Waals surface area contributed by atoms with Gasteiger partial charge < -0.3 is 0 Å². The van der Waals surface area contributed by atoms with Crippen LogP contribution in [-0.4, -0.2) is 11.7 Å². The van der Waals surface area contributed by atoms with E-state index in [-0.39, 0.29) is 18.1 Å². The first kappa shape index (κ1) is 16.2. The minimum Gasteiger partial charge on any atom is -0.299 e. The number of fused-ring (bicyclic) bond motifs is 1. The summed E-state index contributed by atoms with van der Waals surface area (Å²) >= 11 is 1.45. The van der Waals surface area contributed by atoms with Gasteiger partial charge in [-0.2, -0.15) is 0 Å². The van der Waals surface area contributed by atoms with Crippen molar-refractivity contribution >= 4 is 38.8 Å². The van der Waals surface area contributed by atoms with Crippen LogP contribution in [0, 0.1) is 6.92 Å². The molecule has 0 fully saturated rings. The van der Waals surface area contributed by atoms with Gasteiger partial charge in [0.2, 0.25) is 5.91 Å². The van der Waals surface area contributed by atoms with Crippen molar-refractivity contribution in [1.82, 2.24) is 5.43 Å². The van der Waals surface area contributed by atoms with Gasteiger partial charge in [0.25, 0.3) is 0 Å². The number of aryl methyl sites for hydroxylation is 1. The molecule has 2 aromatic carbocycles. The Hall–Kier alpha value is -2.66. The number of ketones is 1. The number of anilines is 1. The van der Waals surface area contributed by atoms with Crippen molar-refractivity contribution in [3.05, 3.63) is 64.5 Å². The summed E-state index contributed by atoms with van der Waals surface area (Å²) in [6, 6.07) is 15.5. The maximum atomic E-state index is 12.3. The van der Waals surface area contributed by atoms with Gasteiger partial charge in [0.1, 0.15) is 0 Å². The van der Waals surface area contributed by atoms with Crippen LogP contribution in [0.3, 0.4) is 0 Å². The van der Waals surface area contributed by atoms with E-state index in [0.29, 0.717) is 4.88 Å². The van der Waals surface area contributed by atoms with Crippen molar-refractivity contribution in [1.29, 1.82) is 0 Å². The largest absolute Gasteiger partial charge is 0.299 e. The van der Waals surface area contributed by atoms with Crippen molar-refractivity contribution in [3.63, 3.8) is 0 Å². The molecule has 0 atom stereocenters. The molecule has 1 aromatic heterocycles. The molecule has 24 heavy (non-hydrogen) atoms. The van der Waals surface area contributed by atoms with Gasteiger partial charge in [0.05, 0.1) is 17.0 Å². The predicted octanol–water partition coefficient (Wildman–Crippen LogP) is 4.10. The number of Topliss-reactive ketones (excluding diaryl/α,β-unsaturated/α-hetero) is 1. The smallest absolute Gasteiger partial charge is 0.242 e. The van der Waals surface area contributed by atoms with Crippen LogP contribution in [-0.2, 0) is 11.2 Å². The topological polar surface area (TPSA) is 58.2 Å². The van der Waals surface area contributed by atoms with Crippen molar-refractivity contribution in [3.8, 4) is 0 Å². The van der Waals surface area contributed by atoms with E-state index >= 15 is 0 Å². The maximum absolute atomic E-state index is 12.3. The lowest BCUT2D eigenvalue weighted by atomic mass is 10.0. The van der Waals surface area contributed by atoms with Gasteiger partial charge in [-0.1, -0.05) is 35.9 Å². The molecule has 1 heterocycles. The quantitative estimate of drug-likeness (QED) is 0.544. The van der Waals surface area contributed by atoms with Gasteiger partial charge in [0.15, 0.2) is 5.78 Å². The van der Waals surface area contributed by atoms with Gasteiger partial charge in [-0.3, -0.25) is 20.4 Å². The van der Waals surface area contributed by atoms with E-state index in [9.17, 15) is 9.59 Å². The first-order valence-electron chi connectivity index (χ1n) is 7.67. The zero-order valence-electron chi connectivity index (χ0n) is 13.6. The molecular weight excluding hydrogens is 320 g/mol. The van der Waals surface area contributed by atoms with Crippen molar-refractivity contribution in [2.24, 2.45) is 0 Å². The van der Waals surface area contributed by atoms with Gasteiger partial charge >= 0.3 is 0 Å². The molecule has 0 radical (unpaired) electrons. The second-order valence-electron chi connectivity index (χ2n) is 5.68. The lowest BCUT2D eigenvalue weighted by molar-refractivity contribution is -0.119. The van der Waals surface area contributed by atoms with Gasteiger partial charge in [-0.25, -0.2) is 0 Å². The standard InChI is InChI=1S/C19H18N2O2S/c1-12-8-9-17-15(10-12)16(19(24-17)13(2)22)11-18(23)21-20-14-6-4-3-5-7-14/h3-10,20H,11H2,1-2H3,(H,21,23). The van der Waals surface area contributed by atoms with Gasteiger partial charge in [-0.05, 0) is 43.0 Å². The van der Waals surface area contributed by atoms with E-state index in [1.54, 1.807) is 6.92 Å². The number of benzene rings is 2. The summed E-state index contributed by atoms with van der Waals surface area (Å²) in [6.07, 6.45) is 0.165. The lowest BCUT2D eigenvalue weighted by Crippen LogP contribution is -2.30. The van der Waals surface area contributed by atoms with Crippen LogP contribution in [0.25, 0.3) is 10.1 Å². The fraction of sp³-hybridized carbons (Fsp3) is 0.158. The SMILES string of the molecule is CC(=O)c1sc2ccc(C)cc2c1CC(=O)NNc1ccccc1. The van der Waals surface area contributed by atoms with Crippen LogP contribution in [0.2, 0.25) is 0 Å². The van der Waals surface area contributed by atoms with Gasteiger partial charge in [-0.15, -0.1) is 11.3 Å². The number of carbonyl (C=O) groups is 2. The Labute approximate surface area is 144 Å². The summed E-state index contributed by atoms with van der Waals surface area (Å²) in [5.41, 5.74) is 8.29. The molecule has 122 valence electrons. The molecule has 0 aliphatic rings. The molecule has 0 saturated carbocycles. The minimum atomic E-state index is -0.178. The Morgan fingerprint density at radius 2 is 1.83 bits per heavy atom. The number of hydrazine groups is 1. The Bertz CT molecular complexity index is 900. The summed E-state index contributed by atoms with van der Waals surface area (Å²) in [5, 5.41) is 0.986. The van der Waals surface area contributed by atoms with E-state index < -0.39 is 0 Å². The molecule has 2 N–H and O–H groups in total. The van der Waals surface area contributed by atoms with E-state index in [4.69, 9.17) is 0 Å². The fourth-order valence-electron chi connectivity index (χ4n) is 2.59. The predicted molar refractivity (Wildman–Crippen MR) is 98.5 cm³/mol. The summed E-state index contributed by atoms with van der Waals surface area (Å²) in [5.74, 6) is -0.185. The number of carbonyl (C=O) groups excluding carboxylic acids is 2. The molecular formula is C19H18N2O2S. The highest BCUT2D eigenvalue weighted by molar-refractivity contribution is 7.21. The number of nitrogens with one attached hydrogen (secondary N) is 2. The number of thiophene rings is 1. The summed E-state index contributed by atoms with van der Waals surface area (Å²) in [7, 11) is 0. The van der Waals surface area contributed by atoms with Crippen LogP contribution < -0.4 is 10.9 Å². The zero-order valence-corrected chi connectivity index (χ0v) is 14.4. The molecule has 3 rings (SSSR count). The third-order valence-corrected chi connectivity index (χ3v) is 5.04. The first-order valence-corrected chi connectivity index (χ1v) is 8.49. The van der Waals surface area contributed by atoms with E-state index in [0.717, 1.165) is 26.9 Å². The molecule has 0 bridgehead atoms. The summed E-state index contributed by atoms with van der Waals surface area (Å²) in [4.78, 5) is 24.9. The molecule has 0 saturated heterocycles. The Balaban J connectivity index is 1.83. The maximum Gasteiger partial charge on any atom is 0.242 e. The number of para-hydroxylation sites is 1. The van der Waals surface area contributed by atoms with Crippen molar-refractivity contribution in [2.75, 3.05) is 5.43 Å². The number of rotatable bonds is 5. The van der Waals surface area contributed by atoms with Crippen LogP contribution in [0.1, 0.15) is 27.7 Å². The molecule has 1 amide bonds. The van der Waals surface area contributed by atoms with Crippen LogP contribution >= 0.6 is 11.3 Å². The Morgan fingerprint density at radius 3 is 2.54 bits per heavy atom. The number of hydrogen-bond donors (Lipinski definition) is 2. The van der Waals surface area contributed by atoms with Crippen molar-refractivity contribution in [2.45, 2.75) is 20.3 Å². The molecule has 3 aromatic rings. The van der Waals surface area contributed by atoms with Gasteiger partial charge in [0, 0.05) is 4.70 Å². The highest BCUT2D eigenvalue weighted by Gasteiger charge is 2.18. The summed E-state index contributed by atoms with van der Waals surface area (Å²) in [6.45, 7) is 3.55. The average molecular weight is 338 g/mol. The zero-order chi connectivity index (χ0) is 17.1. The fourth-order valence-corrected chi connectivity index (χ4v) is 3.69. The summed E-state index contributed by atoms with van der Waals surface area (Å²) < 4.78 is 1.03. The minimum absolute atomic E-state index is 0.00679. The van der Waals surface area contributed by atoms with Crippen LogP contribution in [0.5, 0.6) is 0 Å². The van der Waals surface area contributed by atoms with Crippen molar-refractivity contribution < 1.29 is 9.59 Å². The highest BCUT2D eigenvalue weighted by Crippen LogP contribution is 2.32. The lowest BCUT2D eigenvalue weighted by Gasteiger charge is -2.09. The monoisotopic (exact) mass is 338 g/mol. The molecule has 0 unspecified atom stereocenters. The number of hydrogen-bond acceptors (Lipinski definition) is 4. The Morgan fingerprint density at radius 1 is 1.08 bits per heavy atom. The van der Waals surface area contributed by atoms with Crippen LogP contribution in [0.15, 0.2) is 48.5 Å². The second kappa shape index (κ2) is 6.84. The third-order valence-electron chi connectivity index (χ3n) is 3.72. The van der Waals surface area contributed by atoms with E-state index in [2.05, 4.69) is 10.9 Å². The molecule has 5 heteroatoms. The molecule has 0 aliphatic carbocycles.